The summed E-state index contributed by atoms with van der Waals surface area (Å²) >= 11 is 0. The van der Waals surface area contributed by atoms with Crippen molar-refractivity contribution in [3.05, 3.63) is 146 Å². The summed E-state index contributed by atoms with van der Waals surface area (Å²) in [7, 11) is 0. The Morgan fingerprint density at radius 2 is 0.694 bits per heavy atom. The Morgan fingerprint density at radius 1 is 0.339 bits per heavy atom. The van der Waals surface area contributed by atoms with E-state index in [1.165, 1.54) is 0 Å². The average molecular weight is 853 g/mol. The van der Waals surface area contributed by atoms with Gasteiger partial charge in [0.2, 0.25) is 0 Å². The van der Waals surface area contributed by atoms with E-state index in [9.17, 15) is 14.4 Å². The van der Waals surface area contributed by atoms with Crippen molar-refractivity contribution < 1.29 is 28.6 Å². The van der Waals surface area contributed by atoms with Gasteiger partial charge >= 0.3 is 17.9 Å². The van der Waals surface area contributed by atoms with Gasteiger partial charge in [-0.3, -0.25) is 14.4 Å². The molecule has 0 N–H and O–H groups in total. The highest BCUT2D eigenvalue weighted by molar-refractivity contribution is 5.71. The maximum atomic E-state index is 12.7. The molecule has 0 aromatic rings. The van der Waals surface area contributed by atoms with Crippen molar-refractivity contribution in [2.45, 2.75) is 175 Å². The van der Waals surface area contributed by atoms with Crippen molar-refractivity contribution in [2.75, 3.05) is 13.2 Å². The number of hydrogen-bond acceptors (Lipinski definition) is 6. The van der Waals surface area contributed by atoms with Gasteiger partial charge in [0.15, 0.2) is 6.10 Å². The lowest BCUT2D eigenvalue weighted by atomic mass is 10.1. The highest BCUT2D eigenvalue weighted by Gasteiger charge is 2.19. The molecule has 0 aromatic heterocycles. The number of unbranched alkanes of at least 4 members (excludes halogenated alkanes) is 7. The Balaban J connectivity index is 4.60. The predicted molar refractivity (Wildman–Crippen MR) is 265 cm³/mol. The van der Waals surface area contributed by atoms with E-state index in [0.717, 1.165) is 116 Å². The number of ether oxygens (including phenoxy) is 3. The third kappa shape index (κ3) is 46.4. The zero-order chi connectivity index (χ0) is 45.1. The third-order valence-corrected chi connectivity index (χ3v) is 9.14. The smallest absolute Gasteiger partial charge is 0.306 e. The highest BCUT2D eigenvalue weighted by Crippen LogP contribution is 2.11. The quantitative estimate of drug-likeness (QED) is 0.0201. The van der Waals surface area contributed by atoms with Crippen LogP contribution in [-0.4, -0.2) is 37.2 Å². The van der Waals surface area contributed by atoms with Gasteiger partial charge < -0.3 is 14.2 Å². The summed E-state index contributed by atoms with van der Waals surface area (Å²) in [6.45, 7) is 6.11. The van der Waals surface area contributed by atoms with Crippen LogP contribution in [0.4, 0.5) is 0 Å². The lowest BCUT2D eigenvalue weighted by molar-refractivity contribution is -0.166. The van der Waals surface area contributed by atoms with E-state index in [-0.39, 0.29) is 50.4 Å². The van der Waals surface area contributed by atoms with Gasteiger partial charge in [0, 0.05) is 19.3 Å². The number of carbonyl (C=O) groups is 3. The Bertz CT molecular complexity index is 1440. The fourth-order valence-corrected chi connectivity index (χ4v) is 5.66. The van der Waals surface area contributed by atoms with Crippen LogP contribution in [-0.2, 0) is 28.6 Å². The van der Waals surface area contributed by atoms with E-state index in [0.29, 0.717) is 12.8 Å². The van der Waals surface area contributed by atoms with Gasteiger partial charge in [0.1, 0.15) is 13.2 Å². The monoisotopic (exact) mass is 853 g/mol. The Kier molecular flexibility index (Phi) is 45.2. The first-order valence-electron chi connectivity index (χ1n) is 23.9. The third-order valence-electron chi connectivity index (χ3n) is 9.14. The Morgan fingerprint density at radius 3 is 1.21 bits per heavy atom. The zero-order valence-corrected chi connectivity index (χ0v) is 39.1. The second kappa shape index (κ2) is 49.0. The maximum Gasteiger partial charge on any atom is 0.306 e. The Hall–Kier alpha value is -4.71. The van der Waals surface area contributed by atoms with E-state index in [1.807, 2.05) is 18.2 Å². The second-order valence-corrected chi connectivity index (χ2v) is 14.9. The number of allylic oxidation sites excluding steroid dienone is 24. The number of esters is 3. The molecule has 0 spiro atoms. The first-order valence-corrected chi connectivity index (χ1v) is 23.9. The molecule has 0 bridgehead atoms. The second-order valence-electron chi connectivity index (χ2n) is 14.9. The molecular formula is C56H84O6. The molecule has 0 aliphatic carbocycles. The van der Waals surface area contributed by atoms with Crippen LogP contribution in [0.2, 0.25) is 0 Å². The molecule has 0 radical (unpaired) electrons. The summed E-state index contributed by atoms with van der Waals surface area (Å²) in [5.41, 5.74) is 0. The summed E-state index contributed by atoms with van der Waals surface area (Å²) < 4.78 is 16.6. The van der Waals surface area contributed by atoms with E-state index in [1.54, 1.807) is 0 Å². The van der Waals surface area contributed by atoms with Crippen LogP contribution >= 0.6 is 0 Å². The van der Waals surface area contributed by atoms with Crippen LogP contribution in [0.5, 0.6) is 0 Å². The van der Waals surface area contributed by atoms with Crippen molar-refractivity contribution in [3.8, 4) is 0 Å². The fraction of sp³-hybridized carbons (Fsp3) is 0.518. The minimum Gasteiger partial charge on any atom is -0.462 e. The predicted octanol–water partition coefficient (Wildman–Crippen LogP) is 15.7. The van der Waals surface area contributed by atoms with E-state index in [2.05, 4.69) is 148 Å². The zero-order valence-electron chi connectivity index (χ0n) is 39.1. The SMILES string of the molecule is CC\C=C/C=C\C=C/CCCCCCCC(=O)OC(COC(=O)CC/C=C\C/C=C\C/C=C\C/C=C\C/C=C\C/C=C\CC)COC(=O)CCCC/C=C\C/C=C\C/C=C\CC. The molecule has 0 aromatic carbocycles. The number of hydrogen-bond donors (Lipinski definition) is 0. The topological polar surface area (TPSA) is 78.9 Å². The van der Waals surface area contributed by atoms with Gasteiger partial charge in [0.05, 0.1) is 0 Å². The molecule has 1 unspecified atom stereocenters. The summed E-state index contributed by atoms with van der Waals surface area (Å²) in [6.07, 6.45) is 69.9. The van der Waals surface area contributed by atoms with E-state index < -0.39 is 6.10 Å². The molecule has 1 atom stereocenters. The molecule has 0 aliphatic rings. The first-order chi connectivity index (χ1) is 30.5. The molecule has 0 heterocycles. The molecule has 344 valence electrons. The molecule has 6 heteroatoms. The van der Waals surface area contributed by atoms with Crippen molar-refractivity contribution in [1.82, 2.24) is 0 Å². The molecule has 6 nitrogen and oxygen atoms in total. The van der Waals surface area contributed by atoms with Crippen LogP contribution in [0.15, 0.2) is 146 Å². The van der Waals surface area contributed by atoms with Crippen molar-refractivity contribution in [2.24, 2.45) is 0 Å². The molecule has 0 saturated heterocycles. The van der Waals surface area contributed by atoms with Crippen LogP contribution in [0.1, 0.15) is 168 Å². The Labute approximate surface area is 378 Å². The molecular weight excluding hydrogens is 769 g/mol. The standard InChI is InChI=1S/C56H84O6/c1-4-7-10-13-16-19-22-25-26-27-28-29-30-32-34-37-40-43-46-49-55(58)61-52-53(51-60-54(57)48-45-42-39-36-33-24-21-18-15-12-9-6-3)62-56(59)50-47-44-41-38-35-31-23-20-17-14-11-8-5-2/h7-12,14,16-21,23,25-26,28-29,32-34,36,40,43,53H,4-6,13,15,22,24,27,30-31,35,37-39,41-42,44-52H2,1-3H3/b10-7-,11-8-,12-9-,17-14-,19-16-,21-18-,23-20-,26-25-,29-28-,34-32-,36-33-,43-40-. The summed E-state index contributed by atoms with van der Waals surface area (Å²) in [5, 5.41) is 0. The van der Waals surface area contributed by atoms with Crippen LogP contribution in [0.3, 0.4) is 0 Å². The van der Waals surface area contributed by atoms with Crippen LogP contribution in [0, 0.1) is 0 Å². The highest BCUT2D eigenvalue weighted by atomic mass is 16.6. The fourth-order valence-electron chi connectivity index (χ4n) is 5.66. The van der Waals surface area contributed by atoms with Gasteiger partial charge in [-0.15, -0.1) is 0 Å². The van der Waals surface area contributed by atoms with Crippen molar-refractivity contribution in [1.29, 1.82) is 0 Å². The van der Waals surface area contributed by atoms with E-state index in [4.69, 9.17) is 14.2 Å². The van der Waals surface area contributed by atoms with E-state index >= 15 is 0 Å². The van der Waals surface area contributed by atoms with Crippen LogP contribution in [0.25, 0.3) is 0 Å². The molecule has 0 saturated carbocycles. The minimum absolute atomic E-state index is 0.137. The summed E-state index contributed by atoms with van der Waals surface area (Å²) in [4.78, 5) is 37.8. The van der Waals surface area contributed by atoms with Crippen molar-refractivity contribution >= 4 is 17.9 Å². The van der Waals surface area contributed by atoms with Gasteiger partial charge in [-0.25, -0.2) is 0 Å². The van der Waals surface area contributed by atoms with Gasteiger partial charge in [-0.1, -0.05) is 186 Å². The summed E-state index contributed by atoms with van der Waals surface area (Å²) in [6, 6.07) is 0. The van der Waals surface area contributed by atoms with Gasteiger partial charge in [-0.05, 0) is 109 Å². The summed E-state index contributed by atoms with van der Waals surface area (Å²) in [5.74, 6) is -1.10. The lowest BCUT2D eigenvalue weighted by Crippen LogP contribution is -2.30. The largest absolute Gasteiger partial charge is 0.462 e. The average Bonchev–Trinajstić information content (AvgIpc) is 3.27. The molecule has 0 amide bonds. The molecule has 0 aliphatic heterocycles. The lowest BCUT2D eigenvalue weighted by Gasteiger charge is -2.18. The maximum absolute atomic E-state index is 12.7. The van der Waals surface area contributed by atoms with Crippen molar-refractivity contribution in [3.63, 3.8) is 0 Å². The van der Waals surface area contributed by atoms with Crippen LogP contribution < -0.4 is 0 Å². The molecule has 0 rings (SSSR count). The number of rotatable bonds is 40. The van der Waals surface area contributed by atoms with Gasteiger partial charge in [0.25, 0.3) is 0 Å². The minimum atomic E-state index is -0.840. The molecule has 0 fully saturated rings. The number of carbonyl (C=O) groups excluding carboxylic acids is 3. The molecule has 62 heavy (non-hydrogen) atoms. The first kappa shape index (κ1) is 57.3. The normalized spacial score (nSPS) is 13.4. The van der Waals surface area contributed by atoms with Gasteiger partial charge in [-0.2, -0.15) is 0 Å².